The normalized spacial score (nSPS) is 14.4. The second-order valence-corrected chi connectivity index (χ2v) is 13.7. The van der Waals surface area contributed by atoms with Gasteiger partial charge in [0.1, 0.15) is 35.2 Å². The molecule has 0 rings (SSSR count). The second-order valence-electron chi connectivity index (χ2n) is 13.2. The van der Waals surface area contributed by atoms with Gasteiger partial charge in [-0.25, -0.2) is 0 Å². The number of unbranched alkanes of at least 4 members (excludes halogenated alkanes) is 22. The fourth-order valence-corrected chi connectivity index (χ4v) is 5.96. The van der Waals surface area contributed by atoms with Crippen molar-refractivity contribution in [1.82, 2.24) is 0 Å². The van der Waals surface area contributed by atoms with Crippen molar-refractivity contribution in [3.05, 3.63) is 0 Å². The van der Waals surface area contributed by atoms with Crippen LogP contribution in [0.4, 0.5) is 0 Å². The molecule has 0 saturated heterocycles. The molecule has 3 unspecified atom stereocenters. The summed E-state index contributed by atoms with van der Waals surface area (Å²) in [5.74, 6) is 0. The van der Waals surface area contributed by atoms with Crippen molar-refractivity contribution >= 4 is 23.0 Å². The number of aliphatic hydroxyl groups is 1. The molecule has 0 aromatic rings. The van der Waals surface area contributed by atoms with Crippen LogP contribution in [0.1, 0.15) is 188 Å². The fraction of sp³-hybridized carbons (Fsp3) is 1.00. The van der Waals surface area contributed by atoms with E-state index in [9.17, 15) is 5.11 Å². The van der Waals surface area contributed by atoms with Crippen LogP contribution < -0.4 is 5.73 Å². The van der Waals surface area contributed by atoms with Crippen molar-refractivity contribution in [3.63, 3.8) is 0 Å². The van der Waals surface area contributed by atoms with Crippen molar-refractivity contribution in [1.29, 1.82) is 0 Å². The first-order valence-electron chi connectivity index (χ1n) is 17.8. The van der Waals surface area contributed by atoms with Crippen molar-refractivity contribution in [3.8, 4) is 0 Å². The minimum absolute atomic E-state index is 0.315. The van der Waals surface area contributed by atoms with Gasteiger partial charge in [-0.3, -0.25) is 0 Å². The predicted octanol–water partition coefficient (Wildman–Crippen LogP) is 11.0. The Morgan fingerprint density at radius 2 is 0.878 bits per heavy atom. The number of nitrogens with two attached hydrogens (primary N) is 1. The van der Waals surface area contributed by atoms with E-state index in [4.69, 9.17) is 18.3 Å². The van der Waals surface area contributed by atoms with Gasteiger partial charge < -0.3 is 23.4 Å². The van der Waals surface area contributed by atoms with Gasteiger partial charge in [-0.05, 0) is 33.1 Å². The summed E-state index contributed by atoms with van der Waals surface area (Å²) in [5.41, 5.74) is 5.87. The Morgan fingerprint density at radius 1 is 0.561 bits per heavy atom. The van der Waals surface area contributed by atoms with Crippen LogP contribution in [0.5, 0.6) is 0 Å². The third-order valence-corrected chi connectivity index (χ3v) is 8.74. The zero-order chi connectivity index (χ0) is 30.4. The number of halogens is 1. The van der Waals surface area contributed by atoms with E-state index in [1.165, 1.54) is 128 Å². The molecule has 248 valence electrons. The molecule has 0 aliphatic heterocycles. The monoisotopic (exact) mass is 697 g/mol. The van der Waals surface area contributed by atoms with E-state index in [2.05, 4.69) is 13.8 Å². The predicted molar refractivity (Wildman–Crippen MR) is 186 cm³/mol. The quantitative estimate of drug-likeness (QED) is 0.0406. The lowest BCUT2D eigenvalue weighted by Crippen LogP contribution is -2.47. The average molecular weight is 698 g/mol. The Labute approximate surface area is 270 Å². The maximum absolute atomic E-state index is 10.9. The molecule has 0 fully saturated rings. The summed E-state index contributed by atoms with van der Waals surface area (Å²) >= 11 is 1.91. The van der Waals surface area contributed by atoms with Crippen molar-refractivity contribution < 1.29 is 17.6 Å². The van der Waals surface area contributed by atoms with Gasteiger partial charge in [0.25, 0.3) is 0 Å². The van der Waals surface area contributed by atoms with Crippen LogP contribution in [0.15, 0.2) is 0 Å². The van der Waals surface area contributed by atoms with E-state index < -0.39 is 17.9 Å². The topological polar surface area (TPSA) is 73.9 Å². The lowest BCUT2D eigenvalue weighted by atomic mass is 9.95. The first kappa shape index (κ1) is 41.5. The fourth-order valence-electron chi connectivity index (χ4n) is 5.49. The van der Waals surface area contributed by atoms with Crippen LogP contribution in [0.25, 0.3) is 0 Å². The smallest absolute Gasteiger partial charge is 0.183 e. The maximum atomic E-state index is 10.9. The lowest BCUT2D eigenvalue weighted by molar-refractivity contribution is -0.201. The van der Waals surface area contributed by atoms with Crippen molar-refractivity contribution in [2.45, 2.75) is 212 Å². The zero-order valence-corrected chi connectivity index (χ0v) is 30.1. The minimum atomic E-state index is -0.998. The molecule has 3 N–H and O–H groups in total. The van der Waals surface area contributed by atoms with Crippen LogP contribution in [-0.4, -0.2) is 42.4 Å². The van der Waals surface area contributed by atoms with Gasteiger partial charge in [-0.2, -0.15) is 0 Å². The molecule has 3 atom stereocenters. The highest BCUT2D eigenvalue weighted by atomic mass is 127. The van der Waals surface area contributed by atoms with Crippen LogP contribution in [-0.2, 0) is 12.5 Å². The van der Waals surface area contributed by atoms with E-state index >= 15 is 0 Å². The molecule has 0 spiro atoms. The van der Waals surface area contributed by atoms with Crippen LogP contribution in [0.3, 0.4) is 0 Å². The Morgan fingerprint density at radius 3 is 1.20 bits per heavy atom. The molecule has 0 saturated carbocycles. The van der Waals surface area contributed by atoms with Crippen LogP contribution in [0.2, 0.25) is 0 Å². The standard InChI is InChI=1S/C35H72INO4/c1-5-7-9-11-13-15-17-19-21-23-25-27-29-39-33(32(41-36)31-35(3,4)37)34(38)40-30-28-26-24-22-20-18-16-14-12-10-8-6-2/h32-34,38H,5-31,37H2,1-4H3. The summed E-state index contributed by atoms with van der Waals surface area (Å²) in [6.07, 6.45) is 30.2. The molecule has 0 aromatic heterocycles. The number of ether oxygens (including phenoxy) is 2. The van der Waals surface area contributed by atoms with Crippen molar-refractivity contribution in [2.75, 3.05) is 13.2 Å². The summed E-state index contributed by atoms with van der Waals surface area (Å²) in [5, 5.41) is 10.9. The van der Waals surface area contributed by atoms with Gasteiger partial charge in [0.05, 0.1) is 0 Å². The third kappa shape index (κ3) is 29.0. The molecule has 0 radical (unpaired) electrons. The number of rotatable bonds is 33. The first-order chi connectivity index (χ1) is 19.9. The summed E-state index contributed by atoms with van der Waals surface area (Å²) in [7, 11) is 0. The Balaban J connectivity index is 4.13. The molecule has 0 amide bonds. The first-order valence-corrected chi connectivity index (χ1v) is 18.7. The number of aliphatic hydroxyl groups excluding tert-OH is 1. The largest absolute Gasteiger partial charge is 0.370 e. The van der Waals surface area contributed by atoms with E-state index in [1.807, 2.05) is 36.9 Å². The number of hydrogen-bond acceptors (Lipinski definition) is 5. The van der Waals surface area contributed by atoms with E-state index in [0.29, 0.717) is 19.6 Å². The Kier molecular flexibility index (Phi) is 30.9. The molecule has 0 aliphatic carbocycles. The lowest BCUT2D eigenvalue weighted by Gasteiger charge is -2.33. The molecule has 0 bridgehead atoms. The van der Waals surface area contributed by atoms with Gasteiger partial charge in [0.2, 0.25) is 0 Å². The molecule has 0 aromatic carbocycles. The molecular weight excluding hydrogens is 625 g/mol. The molecule has 6 heteroatoms. The summed E-state index contributed by atoms with van der Waals surface area (Å²) in [6.45, 7) is 9.69. The molecular formula is C35H72INO4. The van der Waals surface area contributed by atoms with Gasteiger partial charge in [-0.1, -0.05) is 155 Å². The van der Waals surface area contributed by atoms with Gasteiger partial charge in [-0.15, -0.1) is 0 Å². The highest BCUT2D eigenvalue weighted by molar-refractivity contribution is 14.1. The summed E-state index contributed by atoms with van der Waals surface area (Å²) in [4.78, 5) is 0. The molecule has 41 heavy (non-hydrogen) atoms. The highest BCUT2D eigenvalue weighted by Gasteiger charge is 2.34. The molecule has 5 nitrogen and oxygen atoms in total. The maximum Gasteiger partial charge on any atom is 0.183 e. The summed E-state index contributed by atoms with van der Waals surface area (Å²) in [6, 6.07) is 0. The van der Waals surface area contributed by atoms with Crippen molar-refractivity contribution in [2.24, 2.45) is 5.73 Å². The van der Waals surface area contributed by atoms with E-state index in [-0.39, 0.29) is 6.10 Å². The second kappa shape index (κ2) is 30.6. The SMILES string of the molecule is CCCCCCCCCCCCCCOC(O)C(OCCCCCCCCCCCCCC)C(CC(C)(C)N)OI. The molecule has 0 heterocycles. The summed E-state index contributed by atoms with van der Waals surface area (Å²) < 4.78 is 17.8. The van der Waals surface area contributed by atoms with Gasteiger partial charge in [0.15, 0.2) is 6.29 Å². The van der Waals surface area contributed by atoms with E-state index in [1.54, 1.807) is 0 Å². The average Bonchev–Trinajstić information content (AvgIpc) is 2.94. The Hall–Kier alpha value is 0.530. The van der Waals surface area contributed by atoms with E-state index in [0.717, 1.165) is 25.7 Å². The highest BCUT2D eigenvalue weighted by Crippen LogP contribution is 2.23. The van der Waals surface area contributed by atoms with Crippen LogP contribution >= 0.6 is 23.0 Å². The van der Waals surface area contributed by atoms with Gasteiger partial charge >= 0.3 is 0 Å². The zero-order valence-electron chi connectivity index (χ0n) is 28.0. The minimum Gasteiger partial charge on any atom is -0.370 e. The third-order valence-electron chi connectivity index (χ3n) is 8.08. The van der Waals surface area contributed by atoms with Crippen LogP contribution in [0, 0.1) is 0 Å². The number of hydrogen-bond donors (Lipinski definition) is 2. The Bertz CT molecular complexity index is 517. The molecule has 0 aliphatic rings. The van der Waals surface area contributed by atoms with Gasteiger partial charge in [0, 0.05) is 18.8 Å².